The second-order valence-electron chi connectivity index (χ2n) is 17.6. The van der Waals surface area contributed by atoms with Gasteiger partial charge in [-0.15, -0.1) is 45.3 Å². The number of thiophene rings is 4. The van der Waals surface area contributed by atoms with Crippen molar-refractivity contribution >= 4 is 92.4 Å². The fourth-order valence-electron chi connectivity index (χ4n) is 9.13. The van der Waals surface area contributed by atoms with E-state index in [1.807, 2.05) is 45.3 Å². The Morgan fingerprint density at radius 1 is 0.348 bits per heavy atom. The predicted molar refractivity (Wildman–Crippen MR) is 308 cm³/mol. The Morgan fingerprint density at radius 3 is 1.03 bits per heavy atom. The Hall–Kier alpha value is -5.80. The van der Waals surface area contributed by atoms with Crippen molar-refractivity contribution in [1.82, 2.24) is 8.75 Å². The highest BCUT2D eigenvalue weighted by Gasteiger charge is 2.21. The van der Waals surface area contributed by atoms with Gasteiger partial charge in [0.05, 0.1) is 11.7 Å². The fraction of sp³-hybridized carbons (Fsp3) is 0.194. The van der Waals surface area contributed by atoms with Crippen molar-refractivity contribution in [3.63, 3.8) is 0 Å². The quantitative estimate of drug-likeness (QED) is 0.0711. The number of hydrogen-bond donors (Lipinski definition) is 0. The van der Waals surface area contributed by atoms with Gasteiger partial charge in [0, 0.05) is 61.3 Å². The van der Waals surface area contributed by atoms with Crippen LogP contribution in [0.2, 0.25) is 0 Å². The van der Waals surface area contributed by atoms with Crippen molar-refractivity contribution in [2.75, 3.05) is 0 Å². The summed E-state index contributed by atoms with van der Waals surface area (Å²) in [7, 11) is 0. The van der Waals surface area contributed by atoms with E-state index in [2.05, 4.69) is 196 Å². The van der Waals surface area contributed by atoms with E-state index in [-0.39, 0.29) is 0 Å². The van der Waals surface area contributed by atoms with Gasteiger partial charge < -0.3 is 0 Å². The number of unbranched alkanes of at least 4 members (excludes halogenated alkanes) is 6. The molecule has 7 heteroatoms. The molecule has 5 aromatic carbocycles. The van der Waals surface area contributed by atoms with Crippen LogP contribution in [0.5, 0.6) is 0 Å². The zero-order chi connectivity index (χ0) is 46.8. The number of aryl methyl sites for hydroxylation is 2. The maximum atomic E-state index is 5.02. The normalized spacial score (nSPS) is 11.8. The fourth-order valence-corrected chi connectivity index (χ4v) is 14.2. The zero-order valence-corrected chi connectivity index (χ0v) is 43.4. The predicted octanol–water partition coefficient (Wildman–Crippen LogP) is 20.5. The molecule has 5 heterocycles. The summed E-state index contributed by atoms with van der Waals surface area (Å²) in [6.45, 7) is 4.57. The van der Waals surface area contributed by atoms with Gasteiger partial charge in [0.2, 0.25) is 0 Å². The largest absolute Gasteiger partial charge is 0.172 e. The molecule has 0 N–H and O–H groups in total. The van der Waals surface area contributed by atoms with Crippen LogP contribution in [0.3, 0.4) is 0 Å². The van der Waals surface area contributed by atoms with Crippen LogP contribution in [-0.4, -0.2) is 8.75 Å². The summed E-state index contributed by atoms with van der Waals surface area (Å²) in [5.74, 6) is 0. The molecule has 0 fully saturated rings. The van der Waals surface area contributed by atoms with Crippen LogP contribution in [0, 0.1) is 0 Å². The first-order chi connectivity index (χ1) is 34.1. The van der Waals surface area contributed by atoms with Gasteiger partial charge in [-0.2, -0.15) is 8.75 Å². The minimum absolute atomic E-state index is 0.954. The van der Waals surface area contributed by atoms with Gasteiger partial charge in [0.25, 0.3) is 0 Å². The minimum Gasteiger partial charge on any atom is -0.172 e. The smallest absolute Gasteiger partial charge is 0.114 e. The molecule has 5 aromatic heterocycles. The highest BCUT2D eigenvalue weighted by molar-refractivity contribution is 7.18. The van der Waals surface area contributed by atoms with Crippen LogP contribution in [0.1, 0.15) is 94.5 Å². The Bertz CT molecular complexity index is 3070. The summed E-state index contributed by atoms with van der Waals surface area (Å²) in [5.41, 5.74) is 14.2. The number of rotatable bonds is 20. The first kappa shape index (κ1) is 46.9. The summed E-state index contributed by atoms with van der Waals surface area (Å²) >= 11 is 8.87. The summed E-state index contributed by atoms with van der Waals surface area (Å²) in [5, 5.41) is 0. The van der Waals surface area contributed by atoms with Gasteiger partial charge in [-0.25, -0.2) is 0 Å². The van der Waals surface area contributed by atoms with E-state index in [0.29, 0.717) is 0 Å². The van der Waals surface area contributed by atoms with E-state index in [0.717, 1.165) is 35.0 Å². The van der Waals surface area contributed by atoms with Crippen LogP contribution in [0.4, 0.5) is 0 Å². The Kier molecular flexibility index (Phi) is 15.5. The Balaban J connectivity index is 1.01. The lowest BCUT2D eigenvalue weighted by atomic mass is 10.0. The monoisotopic (exact) mass is 988 g/mol. The van der Waals surface area contributed by atoms with Gasteiger partial charge in [0.15, 0.2) is 0 Å². The SMILES string of the molecule is CCCCCCc1cc(-c2ccccc2)c(/C=C/c2sc(-c3ccc(-c4cc(-c5ccccc5)c(/C=C/c5sc(CCCCCC)cc5-c5ccccc5)s4)c4nsnc34)cc2-c2ccccc2)s1. The molecule has 0 unspecified atom stereocenters. The Labute approximate surface area is 428 Å². The first-order valence-corrected chi connectivity index (χ1v) is 28.5. The van der Waals surface area contributed by atoms with Crippen molar-refractivity contribution in [1.29, 1.82) is 0 Å². The van der Waals surface area contributed by atoms with Gasteiger partial charge in [-0.1, -0.05) is 186 Å². The third-order valence-corrected chi connectivity index (χ3v) is 17.9. The third kappa shape index (κ3) is 11.0. The lowest BCUT2D eigenvalue weighted by Gasteiger charge is -2.03. The molecule has 0 radical (unpaired) electrons. The number of fused-ring (bicyclic) bond motifs is 1. The molecule has 69 heavy (non-hydrogen) atoms. The summed E-state index contributed by atoms with van der Waals surface area (Å²) in [4.78, 5) is 10.4. The van der Waals surface area contributed by atoms with Crippen molar-refractivity contribution in [3.05, 3.63) is 187 Å². The van der Waals surface area contributed by atoms with Crippen LogP contribution < -0.4 is 0 Å². The van der Waals surface area contributed by atoms with Crippen molar-refractivity contribution in [3.8, 4) is 65.4 Å². The topological polar surface area (TPSA) is 25.8 Å². The lowest BCUT2D eigenvalue weighted by molar-refractivity contribution is 0.670. The molecule has 0 amide bonds. The Morgan fingerprint density at radius 2 is 0.681 bits per heavy atom. The molecule has 0 aliphatic carbocycles. The van der Waals surface area contributed by atoms with Crippen LogP contribution >= 0.6 is 57.1 Å². The molecule has 10 rings (SSSR count). The molecule has 344 valence electrons. The number of benzene rings is 5. The molecule has 0 bridgehead atoms. The van der Waals surface area contributed by atoms with E-state index < -0.39 is 0 Å². The van der Waals surface area contributed by atoms with Gasteiger partial charge in [-0.3, -0.25) is 0 Å². The molecule has 0 saturated carbocycles. The number of nitrogens with zero attached hydrogens (tertiary/aromatic N) is 2. The van der Waals surface area contributed by atoms with Gasteiger partial charge >= 0.3 is 0 Å². The zero-order valence-electron chi connectivity index (χ0n) is 39.3. The molecule has 10 aromatic rings. The van der Waals surface area contributed by atoms with E-state index in [9.17, 15) is 0 Å². The van der Waals surface area contributed by atoms with Gasteiger partial charge in [0.1, 0.15) is 11.0 Å². The lowest BCUT2D eigenvalue weighted by Crippen LogP contribution is -1.82. The molecule has 0 aliphatic heterocycles. The molecule has 0 atom stereocenters. The molecule has 0 spiro atoms. The maximum Gasteiger partial charge on any atom is 0.114 e. The minimum atomic E-state index is 0.954. The van der Waals surface area contributed by atoms with Crippen LogP contribution in [-0.2, 0) is 12.8 Å². The van der Waals surface area contributed by atoms with Crippen LogP contribution in [0.25, 0.3) is 101 Å². The van der Waals surface area contributed by atoms with Crippen molar-refractivity contribution < 1.29 is 0 Å². The maximum absolute atomic E-state index is 5.02. The second-order valence-corrected chi connectivity index (χ2v) is 22.7. The average Bonchev–Trinajstić information content (AvgIpc) is 4.27. The number of hydrogen-bond acceptors (Lipinski definition) is 7. The molecular formula is C62H56N2S5. The first-order valence-electron chi connectivity index (χ1n) is 24.5. The highest BCUT2D eigenvalue weighted by atomic mass is 32.1. The van der Waals surface area contributed by atoms with Gasteiger partial charge in [-0.05, 0) is 108 Å². The summed E-state index contributed by atoms with van der Waals surface area (Å²) in [6, 6.07) is 57.6. The average molecular weight is 989 g/mol. The van der Waals surface area contributed by atoms with Crippen molar-refractivity contribution in [2.45, 2.75) is 78.1 Å². The van der Waals surface area contributed by atoms with E-state index in [1.54, 1.807) is 0 Å². The third-order valence-electron chi connectivity index (χ3n) is 12.8. The molecule has 0 saturated heterocycles. The number of aromatic nitrogens is 2. The second kappa shape index (κ2) is 22.7. The van der Waals surface area contributed by atoms with Crippen LogP contribution in [0.15, 0.2) is 158 Å². The summed E-state index contributed by atoms with van der Waals surface area (Å²) in [6.07, 6.45) is 21.8. The van der Waals surface area contributed by atoms with Crippen molar-refractivity contribution in [2.24, 2.45) is 0 Å². The molecular weight excluding hydrogens is 933 g/mol. The highest BCUT2D eigenvalue weighted by Crippen LogP contribution is 2.46. The van der Waals surface area contributed by atoms with E-state index in [1.165, 1.54) is 147 Å². The van der Waals surface area contributed by atoms with E-state index in [4.69, 9.17) is 8.75 Å². The van der Waals surface area contributed by atoms with E-state index >= 15 is 0 Å². The summed E-state index contributed by atoms with van der Waals surface area (Å²) < 4.78 is 10.0. The standard InChI is InChI=1S/C62H56N2S5/c1-3-5-7-21-31-47-39-51(43-23-13-9-14-24-43)55(65-47)35-37-57-53(45-27-17-11-18-28-45)41-59(67-57)49-33-34-50(62-61(49)63-69-64-62)60-42-54(46-29-19-12-20-30-46)58(68-60)38-36-56-52(44-25-15-10-16-26-44)40-48(66-56)32-22-8-6-4-2/h9-20,23-30,33-42H,3-8,21-22,31-32H2,1-2H3/b37-35+,38-36+. The molecule has 2 nitrogen and oxygen atoms in total. The molecule has 0 aliphatic rings.